The largest absolute Gasteiger partial charge is 0.376 e. The molecule has 0 aromatic heterocycles. The van der Waals surface area contributed by atoms with Crippen molar-refractivity contribution in [2.45, 2.75) is 46.1 Å². The highest BCUT2D eigenvalue weighted by Crippen LogP contribution is 2.29. The van der Waals surface area contributed by atoms with Gasteiger partial charge in [0, 0.05) is 19.7 Å². The summed E-state index contributed by atoms with van der Waals surface area (Å²) in [6.45, 7) is 11.6. The Morgan fingerprint density at radius 3 is 2.69 bits per heavy atom. The van der Waals surface area contributed by atoms with Gasteiger partial charge >= 0.3 is 0 Å². The summed E-state index contributed by atoms with van der Waals surface area (Å²) in [4.78, 5) is 2.52. The van der Waals surface area contributed by atoms with Gasteiger partial charge < -0.3 is 15.4 Å². The lowest BCUT2D eigenvalue weighted by Gasteiger charge is -2.26. The van der Waals surface area contributed by atoms with Gasteiger partial charge in [0.1, 0.15) is 0 Å². The molecule has 1 rings (SSSR count). The first-order chi connectivity index (χ1) is 7.57. The van der Waals surface area contributed by atoms with Crippen molar-refractivity contribution in [1.82, 2.24) is 4.90 Å². The molecule has 16 heavy (non-hydrogen) atoms. The summed E-state index contributed by atoms with van der Waals surface area (Å²) in [5.41, 5.74) is 6.23. The molecular weight excluding hydrogens is 200 g/mol. The summed E-state index contributed by atoms with van der Waals surface area (Å²) in [5, 5.41) is 0. The van der Waals surface area contributed by atoms with Crippen LogP contribution >= 0.6 is 0 Å². The third kappa shape index (κ3) is 4.81. The summed E-state index contributed by atoms with van der Waals surface area (Å²) in [6, 6.07) is 0. The maximum Gasteiger partial charge on any atom is 0.0823 e. The molecule has 1 unspecified atom stereocenters. The zero-order valence-electron chi connectivity index (χ0n) is 11.2. The lowest BCUT2D eigenvalue weighted by Crippen LogP contribution is -2.39. The van der Waals surface area contributed by atoms with Gasteiger partial charge in [0.05, 0.1) is 6.10 Å². The highest BCUT2D eigenvalue weighted by molar-refractivity contribution is 4.77. The first kappa shape index (κ1) is 13.9. The van der Waals surface area contributed by atoms with E-state index in [1.807, 2.05) is 6.92 Å². The predicted octanol–water partition coefficient (Wildman–Crippen LogP) is 1.86. The third-order valence-corrected chi connectivity index (χ3v) is 3.56. The molecule has 1 atom stereocenters. The fourth-order valence-corrected chi connectivity index (χ4v) is 2.38. The fourth-order valence-electron chi connectivity index (χ4n) is 2.38. The summed E-state index contributed by atoms with van der Waals surface area (Å²) in [5.74, 6) is 0. The molecule has 1 saturated heterocycles. The maximum absolute atomic E-state index is 5.72. The normalized spacial score (nSPS) is 24.0. The molecular formula is C13H28N2O. The number of ether oxygens (including phenoxy) is 1. The van der Waals surface area contributed by atoms with Crippen molar-refractivity contribution in [3.8, 4) is 0 Å². The molecule has 0 aliphatic carbocycles. The van der Waals surface area contributed by atoms with Gasteiger partial charge in [-0.2, -0.15) is 0 Å². The molecule has 0 saturated carbocycles. The van der Waals surface area contributed by atoms with E-state index in [2.05, 4.69) is 18.7 Å². The summed E-state index contributed by atoms with van der Waals surface area (Å²) < 4.78 is 5.62. The van der Waals surface area contributed by atoms with Crippen LogP contribution in [0, 0.1) is 5.41 Å². The number of hydrogen-bond donors (Lipinski definition) is 1. The molecule has 1 fully saturated rings. The average Bonchev–Trinajstić information content (AvgIpc) is 2.40. The van der Waals surface area contributed by atoms with Gasteiger partial charge in [-0.3, -0.25) is 0 Å². The summed E-state index contributed by atoms with van der Waals surface area (Å²) in [7, 11) is 0. The van der Waals surface area contributed by atoms with E-state index >= 15 is 0 Å². The Morgan fingerprint density at radius 2 is 2.06 bits per heavy atom. The number of rotatable bonds is 5. The van der Waals surface area contributed by atoms with E-state index < -0.39 is 0 Å². The van der Waals surface area contributed by atoms with Crippen LogP contribution in [0.1, 0.15) is 40.0 Å². The van der Waals surface area contributed by atoms with E-state index in [0.717, 1.165) is 13.2 Å². The monoisotopic (exact) mass is 228 g/mol. The van der Waals surface area contributed by atoms with Crippen LogP contribution in [0.25, 0.3) is 0 Å². The van der Waals surface area contributed by atoms with Crippen molar-refractivity contribution >= 4 is 0 Å². The number of nitrogens with zero attached hydrogens (tertiary/aromatic N) is 1. The van der Waals surface area contributed by atoms with Gasteiger partial charge in [-0.15, -0.1) is 0 Å². The quantitative estimate of drug-likeness (QED) is 0.780. The second-order valence-electron chi connectivity index (χ2n) is 5.63. The molecule has 1 aliphatic rings. The minimum Gasteiger partial charge on any atom is -0.376 e. The predicted molar refractivity (Wildman–Crippen MR) is 68.5 cm³/mol. The van der Waals surface area contributed by atoms with Crippen molar-refractivity contribution in [2.24, 2.45) is 11.1 Å². The van der Waals surface area contributed by atoms with Crippen molar-refractivity contribution in [2.75, 3.05) is 32.8 Å². The van der Waals surface area contributed by atoms with E-state index in [4.69, 9.17) is 10.5 Å². The van der Waals surface area contributed by atoms with Gasteiger partial charge in [-0.05, 0) is 44.7 Å². The van der Waals surface area contributed by atoms with E-state index in [9.17, 15) is 0 Å². The molecule has 3 heteroatoms. The van der Waals surface area contributed by atoms with Crippen LogP contribution in [-0.4, -0.2) is 43.8 Å². The summed E-state index contributed by atoms with van der Waals surface area (Å²) >= 11 is 0. The van der Waals surface area contributed by atoms with Crippen LogP contribution in [0.2, 0.25) is 0 Å². The van der Waals surface area contributed by atoms with Crippen LogP contribution in [-0.2, 0) is 4.74 Å². The molecule has 0 radical (unpaired) electrons. The first-order valence-electron chi connectivity index (χ1n) is 6.61. The Hall–Kier alpha value is -0.120. The molecule has 1 heterocycles. The van der Waals surface area contributed by atoms with Crippen LogP contribution in [0.5, 0.6) is 0 Å². The maximum atomic E-state index is 5.72. The Kier molecular flexibility index (Phi) is 5.73. The number of likely N-dealkylation sites (tertiary alicyclic amines) is 1. The second-order valence-corrected chi connectivity index (χ2v) is 5.63. The van der Waals surface area contributed by atoms with Crippen LogP contribution < -0.4 is 5.73 Å². The molecule has 2 N–H and O–H groups in total. The first-order valence-corrected chi connectivity index (χ1v) is 6.61. The van der Waals surface area contributed by atoms with Crippen molar-refractivity contribution < 1.29 is 4.74 Å². The molecule has 0 bridgehead atoms. The Morgan fingerprint density at radius 1 is 1.31 bits per heavy atom. The molecule has 3 nitrogen and oxygen atoms in total. The number of nitrogens with two attached hydrogens (primary N) is 1. The van der Waals surface area contributed by atoms with Gasteiger partial charge in [0.25, 0.3) is 0 Å². The average molecular weight is 228 g/mol. The zero-order valence-corrected chi connectivity index (χ0v) is 11.2. The highest BCUT2D eigenvalue weighted by atomic mass is 16.5. The second kappa shape index (κ2) is 6.58. The molecule has 96 valence electrons. The van der Waals surface area contributed by atoms with E-state index in [1.165, 1.54) is 32.4 Å². The van der Waals surface area contributed by atoms with E-state index in [-0.39, 0.29) is 6.10 Å². The van der Waals surface area contributed by atoms with Gasteiger partial charge in [-0.1, -0.05) is 13.8 Å². The van der Waals surface area contributed by atoms with E-state index in [0.29, 0.717) is 12.0 Å². The third-order valence-electron chi connectivity index (χ3n) is 3.56. The minimum atomic E-state index is 0.214. The smallest absolute Gasteiger partial charge is 0.0823 e. The molecule has 0 aromatic carbocycles. The fraction of sp³-hybridized carbons (Fsp3) is 1.00. The van der Waals surface area contributed by atoms with E-state index in [1.54, 1.807) is 0 Å². The van der Waals surface area contributed by atoms with Crippen molar-refractivity contribution in [3.05, 3.63) is 0 Å². The molecule has 0 aromatic rings. The zero-order chi connectivity index (χ0) is 12.0. The lowest BCUT2D eigenvalue weighted by molar-refractivity contribution is 0.0394. The highest BCUT2D eigenvalue weighted by Gasteiger charge is 2.24. The Bertz CT molecular complexity index is 194. The molecule has 0 spiro atoms. The van der Waals surface area contributed by atoms with Gasteiger partial charge in [0.15, 0.2) is 0 Å². The van der Waals surface area contributed by atoms with Crippen molar-refractivity contribution in [3.63, 3.8) is 0 Å². The molecule has 1 aliphatic heterocycles. The van der Waals surface area contributed by atoms with Gasteiger partial charge in [-0.25, -0.2) is 0 Å². The van der Waals surface area contributed by atoms with Crippen molar-refractivity contribution in [1.29, 1.82) is 0 Å². The lowest BCUT2D eigenvalue weighted by atomic mass is 9.85. The number of hydrogen-bond acceptors (Lipinski definition) is 3. The Balaban J connectivity index is 2.36. The topological polar surface area (TPSA) is 38.5 Å². The molecule has 0 amide bonds. The standard InChI is InChI=1S/C13H28N2O/c1-4-16-12(10-14)11-15-8-5-6-13(2,3)7-9-15/h12H,4-11,14H2,1-3H3. The van der Waals surface area contributed by atoms with Gasteiger partial charge in [0.2, 0.25) is 0 Å². The Labute approximate surface area is 100 Å². The summed E-state index contributed by atoms with van der Waals surface area (Å²) in [6.07, 6.45) is 4.14. The SMILES string of the molecule is CCOC(CN)CN1CCCC(C)(C)CC1. The van der Waals surface area contributed by atoms with Crippen LogP contribution in [0.3, 0.4) is 0 Å². The van der Waals surface area contributed by atoms with Crippen LogP contribution in [0.4, 0.5) is 0 Å². The van der Waals surface area contributed by atoms with Crippen LogP contribution in [0.15, 0.2) is 0 Å². The minimum absolute atomic E-state index is 0.214.